The van der Waals surface area contributed by atoms with Gasteiger partial charge in [-0.1, -0.05) is 30.3 Å². The molecule has 0 spiro atoms. The lowest BCUT2D eigenvalue weighted by molar-refractivity contribution is 0.101. The maximum Gasteiger partial charge on any atom is 0.328 e. The maximum absolute atomic E-state index is 13.4. The highest BCUT2D eigenvalue weighted by atomic mass is 16.2. The van der Waals surface area contributed by atoms with Gasteiger partial charge >= 0.3 is 6.03 Å². The number of nitrogens with zero attached hydrogens (tertiary/aromatic N) is 3. The highest BCUT2D eigenvalue weighted by molar-refractivity contribution is 6.16. The number of aryl methyl sites for hydroxylation is 1. The van der Waals surface area contributed by atoms with E-state index in [9.17, 15) is 9.59 Å². The van der Waals surface area contributed by atoms with E-state index in [2.05, 4.69) is 29.8 Å². The molecular weight excluding hydrogens is 388 g/mol. The van der Waals surface area contributed by atoms with Crippen molar-refractivity contribution < 1.29 is 9.59 Å². The first-order chi connectivity index (χ1) is 14.7. The Labute approximate surface area is 182 Å². The second-order valence-electron chi connectivity index (χ2n) is 8.46. The molecule has 0 unspecified atom stereocenters. The number of rotatable bonds is 3. The van der Waals surface area contributed by atoms with Crippen molar-refractivity contribution in [2.75, 3.05) is 19.4 Å². The monoisotopic (exact) mass is 416 g/mol. The first kappa shape index (κ1) is 20.7. The third kappa shape index (κ3) is 3.28. The number of fused-ring (bicyclic) bond motifs is 3. The Kier molecular flexibility index (Phi) is 5.09. The van der Waals surface area contributed by atoms with Crippen molar-refractivity contribution >= 4 is 39.6 Å². The summed E-state index contributed by atoms with van der Waals surface area (Å²) in [6, 6.07) is 15.6. The molecule has 0 radical (unpaired) electrons. The van der Waals surface area contributed by atoms with Gasteiger partial charge in [0, 0.05) is 31.2 Å². The van der Waals surface area contributed by atoms with E-state index in [4.69, 9.17) is 0 Å². The third-order valence-corrected chi connectivity index (χ3v) is 5.83. The van der Waals surface area contributed by atoms with Crippen molar-refractivity contribution in [3.05, 3.63) is 65.4 Å². The molecule has 2 amide bonds. The highest BCUT2D eigenvalue weighted by Crippen LogP contribution is 2.35. The SMILES string of the molecule is Cc1cccc(NC(=O)c2cc3c(c4ccccc4n3C(C)C)n2C(=O)N(C)C)c1C. The molecule has 31 heavy (non-hydrogen) atoms. The number of hydrogen-bond donors (Lipinski definition) is 1. The Bertz CT molecular complexity index is 1320. The smallest absolute Gasteiger partial charge is 0.328 e. The molecule has 0 saturated carbocycles. The molecule has 0 atom stereocenters. The standard InChI is InChI=1S/C25H28N4O2/c1-15(2)28-20-13-8-7-11-18(20)23-21(28)14-22(29(23)25(31)27(5)6)24(30)26-19-12-9-10-16(3)17(19)4/h7-15H,1-6H3,(H,26,30). The summed E-state index contributed by atoms with van der Waals surface area (Å²) in [6.07, 6.45) is 0. The van der Waals surface area contributed by atoms with Crippen LogP contribution in [0.2, 0.25) is 0 Å². The third-order valence-electron chi connectivity index (χ3n) is 5.83. The number of amides is 2. The summed E-state index contributed by atoms with van der Waals surface area (Å²) in [4.78, 5) is 28.1. The molecule has 6 nitrogen and oxygen atoms in total. The fourth-order valence-corrected chi connectivity index (χ4v) is 4.15. The highest BCUT2D eigenvalue weighted by Gasteiger charge is 2.27. The molecule has 2 aromatic heterocycles. The quantitative estimate of drug-likeness (QED) is 0.474. The molecule has 0 aliphatic carbocycles. The number of hydrogen-bond acceptors (Lipinski definition) is 2. The molecule has 2 heterocycles. The van der Waals surface area contributed by atoms with E-state index >= 15 is 0 Å². The summed E-state index contributed by atoms with van der Waals surface area (Å²) in [5.74, 6) is -0.306. The fourth-order valence-electron chi connectivity index (χ4n) is 4.15. The molecule has 6 heteroatoms. The van der Waals surface area contributed by atoms with E-state index in [1.54, 1.807) is 14.1 Å². The summed E-state index contributed by atoms with van der Waals surface area (Å²) in [7, 11) is 3.39. The van der Waals surface area contributed by atoms with Crippen LogP contribution in [0.3, 0.4) is 0 Å². The Morgan fingerprint density at radius 3 is 2.35 bits per heavy atom. The van der Waals surface area contributed by atoms with Gasteiger partial charge in [0.1, 0.15) is 5.69 Å². The second-order valence-corrected chi connectivity index (χ2v) is 8.46. The van der Waals surface area contributed by atoms with Crippen LogP contribution in [0.5, 0.6) is 0 Å². The Morgan fingerprint density at radius 1 is 0.968 bits per heavy atom. The van der Waals surface area contributed by atoms with Crippen LogP contribution in [0.1, 0.15) is 41.5 Å². The zero-order valence-electron chi connectivity index (χ0n) is 18.9. The Morgan fingerprint density at radius 2 is 1.68 bits per heavy atom. The van der Waals surface area contributed by atoms with Crippen molar-refractivity contribution in [2.45, 2.75) is 33.7 Å². The molecule has 4 aromatic rings. The number of carbonyl (C=O) groups is 2. The van der Waals surface area contributed by atoms with Gasteiger partial charge in [0.25, 0.3) is 5.91 Å². The largest absolute Gasteiger partial charge is 0.337 e. The van der Waals surface area contributed by atoms with Gasteiger partial charge in [-0.05, 0) is 57.0 Å². The first-order valence-corrected chi connectivity index (χ1v) is 10.5. The molecule has 0 aliphatic rings. The number of benzene rings is 2. The normalized spacial score (nSPS) is 11.5. The van der Waals surface area contributed by atoms with Crippen LogP contribution in [-0.4, -0.2) is 40.1 Å². The lowest BCUT2D eigenvalue weighted by Gasteiger charge is -2.16. The molecule has 0 aliphatic heterocycles. The summed E-state index contributed by atoms with van der Waals surface area (Å²) in [6.45, 7) is 8.20. The number of para-hydroxylation sites is 1. The topological polar surface area (TPSA) is 59.3 Å². The van der Waals surface area contributed by atoms with E-state index in [-0.39, 0.29) is 18.0 Å². The van der Waals surface area contributed by atoms with Crippen molar-refractivity contribution in [2.24, 2.45) is 0 Å². The molecule has 0 saturated heterocycles. The Balaban J connectivity index is 1.98. The molecular formula is C25H28N4O2. The van der Waals surface area contributed by atoms with E-state index in [0.29, 0.717) is 5.69 Å². The molecule has 0 bridgehead atoms. The Hall–Kier alpha value is -3.54. The number of carbonyl (C=O) groups excluding carboxylic acids is 2. The van der Waals surface area contributed by atoms with Gasteiger partial charge < -0.3 is 14.8 Å². The minimum Gasteiger partial charge on any atom is -0.337 e. The van der Waals surface area contributed by atoms with Crippen LogP contribution >= 0.6 is 0 Å². The minimum absolute atomic E-state index is 0.169. The maximum atomic E-state index is 13.4. The predicted octanol–water partition coefficient (Wildman–Crippen LogP) is 5.58. The van der Waals surface area contributed by atoms with Gasteiger partial charge in [-0.3, -0.25) is 9.36 Å². The lowest BCUT2D eigenvalue weighted by atomic mass is 10.1. The van der Waals surface area contributed by atoms with Crippen LogP contribution in [-0.2, 0) is 0 Å². The first-order valence-electron chi connectivity index (χ1n) is 10.5. The molecule has 1 N–H and O–H groups in total. The molecule has 2 aromatic carbocycles. The zero-order valence-corrected chi connectivity index (χ0v) is 18.9. The number of anilines is 1. The fraction of sp³-hybridized carbons (Fsp3) is 0.280. The van der Waals surface area contributed by atoms with Crippen molar-refractivity contribution in [3.8, 4) is 0 Å². The van der Waals surface area contributed by atoms with Crippen LogP contribution in [0.25, 0.3) is 21.9 Å². The lowest BCUT2D eigenvalue weighted by Crippen LogP contribution is -2.30. The minimum atomic E-state index is -0.306. The average Bonchev–Trinajstić information content (AvgIpc) is 3.25. The van der Waals surface area contributed by atoms with Crippen molar-refractivity contribution in [1.29, 1.82) is 0 Å². The average molecular weight is 417 g/mol. The molecule has 0 fully saturated rings. The van der Waals surface area contributed by atoms with E-state index in [1.807, 2.05) is 56.3 Å². The van der Waals surface area contributed by atoms with Crippen LogP contribution in [0, 0.1) is 13.8 Å². The van der Waals surface area contributed by atoms with Gasteiger partial charge in [-0.2, -0.15) is 0 Å². The van der Waals surface area contributed by atoms with E-state index in [1.165, 1.54) is 9.47 Å². The number of nitrogens with one attached hydrogen (secondary N) is 1. The molecule has 160 valence electrons. The number of aromatic nitrogens is 2. The van der Waals surface area contributed by atoms with Gasteiger partial charge in [0.05, 0.1) is 16.6 Å². The van der Waals surface area contributed by atoms with Gasteiger partial charge in [-0.15, -0.1) is 0 Å². The summed E-state index contributed by atoms with van der Waals surface area (Å²) >= 11 is 0. The summed E-state index contributed by atoms with van der Waals surface area (Å²) in [5, 5.41) is 3.96. The van der Waals surface area contributed by atoms with Crippen molar-refractivity contribution in [1.82, 2.24) is 14.0 Å². The molecule has 4 rings (SSSR count). The second kappa shape index (κ2) is 7.61. The van der Waals surface area contributed by atoms with Gasteiger partial charge in [0.15, 0.2) is 0 Å². The van der Waals surface area contributed by atoms with Gasteiger partial charge in [0.2, 0.25) is 0 Å². The zero-order chi connectivity index (χ0) is 22.4. The predicted molar refractivity (Wildman–Crippen MR) is 126 cm³/mol. The van der Waals surface area contributed by atoms with Crippen LogP contribution in [0.15, 0.2) is 48.5 Å². The summed E-state index contributed by atoms with van der Waals surface area (Å²) in [5.41, 5.74) is 5.85. The van der Waals surface area contributed by atoms with E-state index < -0.39 is 0 Å². The van der Waals surface area contributed by atoms with Crippen LogP contribution < -0.4 is 5.32 Å². The van der Waals surface area contributed by atoms with E-state index in [0.717, 1.165) is 38.8 Å². The summed E-state index contributed by atoms with van der Waals surface area (Å²) < 4.78 is 3.72. The van der Waals surface area contributed by atoms with Crippen LogP contribution in [0.4, 0.5) is 10.5 Å². The van der Waals surface area contributed by atoms with Gasteiger partial charge in [-0.25, -0.2) is 4.79 Å². The van der Waals surface area contributed by atoms with Crippen molar-refractivity contribution in [3.63, 3.8) is 0 Å².